The summed E-state index contributed by atoms with van der Waals surface area (Å²) >= 11 is 0. The zero-order chi connectivity index (χ0) is 19.3. The monoisotopic (exact) mass is 377 g/mol. The Morgan fingerprint density at radius 1 is 1.14 bits per heavy atom. The number of piperidine rings is 1. The van der Waals surface area contributed by atoms with Gasteiger partial charge in [0.15, 0.2) is 0 Å². The highest BCUT2D eigenvalue weighted by Gasteiger charge is 2.51. The molecule has 2 aromatic carbocycles. The number of aromatic hydroxyl groups is 1. The predicted octanol–water partition coefficient (Wildman–Crippen LogP) is 3.03. The summed E-state index contributed by atoms with van der Waals surface area (Å²) in [6.45, 7) is 2.04. The fourth-order valence-corrected chi connectivity index (χ4v) is 5.72. The van der Waals surface area contributed by atoms with Gasteiger partial charge in [0.25, 0.3) is 0 Å². The van der Waals surface area contributed by atoms with E-state index in [0.717, 1.165) is 37.9 Å². The lowest BCUT2D eigenvalue weighted by Crippen LogP contribution is -2.51. The quantitative estimate of drug-likeness (QED) is 0.704. The number of phenols is 1. The highest BCUT2D eigenvalue weighted by atomic mass is 16.3. The van der Waals surface area contributed by atoms with Crippen molar-refractivity contribution in [3.63, 3.8) is 0 Å². The minimum atomic E-state index is -0.0807. The van der Waals surface area contributed by atoms with Crippen molar-refractivity contribution in [3.05, 3.63) is 53.6 Å². The van der Waals surface area contributed by atoms with E-state index in [1.807, 2.05) is 12.1 Å². The average Bonchev–Trinajstić information content (AvgIpc) is 2.93. The van der Waals surface area contributed by atoms with E-state index >= 15 is 0 Å². The average molecular weight is 377 g/mol. The van der Waals surface area contributed by atoms with Crippen LogP contribution in [-0.4, -0.2) is 37.2 Å². The smallest absolute Gasteiger partial charge is 0.228 e. The van der Waals surface area contributed by atoms with E-state index in [0.29, 0.717) is 18.2 Å². The minimum absolute atomic E-state index is 0.0300. The second-order valence-electron chi connectivity index (χ2n) is 8.49. The number of hydrogen-bond acceptors (Lipinski definition) is 4. The first-order valence-corrected chi connectivity index (χ1v) is 10.2. The molecule has 1 fully saturated rings. The van der Waals surface area contributed by atoms with Crippen LogP contribution in [0.15, 0.2) is 42.5 Å². The number of rotatable bonds is 2. The number of fused-ring (bicyclic) bond motifs is 3. The molecule has 3 heterocycles. The maximum absolute atomic E-state index is 12.9. The Hall–Kier alpha value is -2.53. The van der Waals surface area contributed by atoms with E-state index in [1.54, 1.807) is 6.07 Å². The van der Waals surface area contributed by atoms with Gasteiger partial charge in [-0.15, -0.1) is 0 Å². The SMILES string of the molecule is CN1c2ccccc2C2(CCNCC2)C1CC1Cc2cccc(O)c2NC1=O. The molecule has 0 aliphatic carbocycles. The van der Waals surface area contributed by atoms with Gasteiger partial charge in [-0.25, -0.2) is 0 Å². The van der Waals surface area contributed by atoms with Crippen molar-refractivity contribution in [3.8, 4) is 5.75 Å². The van der Waals surface area contributed by atoms with Crippen LogP contribution in [0.25, 0.3) is 0 Å². The summed E-state index contributed by atoms with van der Waals surface area (Å²) in [5.41, 5.74) is 4.48. The number of anilines is 2. The largest absolute Gasteiger partial charge is 0.506 e. The molecule has 5 heteroatoms. The molecule has 0 aromatic heterocycles. The Bertz CT molecular complexity index is 920. The Labute approximate surface area is 165 Å². The van der Waals surface area contributed by atoms with Crippen LogP contribution in [-0.2, 0) is 16.6 Å². The summed E-state index contributed by atoms with van der Waals surface area (Å²) in [6.07, 6.45) is 3.71. The van der Waals surface area contributed by atoms with Crippen molar-refractivity contribution in [2.75, 3.05) is 30.4 Å². The van der Waals surface area contributed by atoms with E-state index in [2.05, 4.69) is 46.8 Å². The van der Waals surface area contributed by atoms with Gasteiger partial charge in [-0.05, 0) is 62.0 Å². The predicted molar refractivity (Wildman–Crippen MR) is 111 cm³/mol. The highest BCUT2D eigenvalue weighted by molar-refractivity contribution is 5.97. The fraction of sp³-hybridized carbons (Fsp3) is 0.435. The molecule has 1 saturated heterocycles. The topological polar surface area (TPSA) is 64.6 Å². The lowest BCUT2D eigenvalue weighted by Gasteiger charge is -2.43. The first-order valence-electron chi connectivity index (χ1n) is 10.2. The van der Waals surface area contributed by atoms with Crippen molar-refractivity contribution in [2.24, 2.45) is 5.92 Å². The molecule has 5 rings (SSSR count). The molecule has 2 atom stereocenters. The third-order valence-corrected chi connectivity index (χ3v) is 7.14. The number of carbonyl (C=O) groups excluding carboxylic acids is 1. The molecule has 0 bridgehead atoms. The minimum Gasteiger partial charge on any atom is -0.506 e. The molecule has 3 aliphatic rings. The van der Waals surface area contributed by atoms with Crippen molar-refractivity contribution in [2.45, 2.75) is 37.1 Å². The van der Waals surface area contributed by atoms with Crippen LogP contribution in [0.5, 0.6) is 5.75 Å². The van der Waals surface area contributed by atoms with Gasteiger partial charge >= 0.3 is 0 Å². The molecule has 2 aromatic rings. The van der Waals surface area contributed by atoms with Crippen LogP contribution in [0.4, 0.5) is 11.4 Å². The lowest BCUT2D eigenvalue weighted by molar-refractivity contribution is -0.120. The molecule has 1 spiro atoms. The zero-order valence-electron chi connectivity index (χ0n) is 16.2. The number of nitrogens with zero attached hydrogens (tertiary/aromatic N) is 1. The van der Waals surface area contributed by atoms with Crippen LogP contribution in [0, 0.1) is 5.92 Å². The van der Waals surface area contributed by atoms with Gasteiger partial charge in [0.1, 0.15) is 5.75 Å². The molecule has 3 N–H and O–H groups in total. The first kappa shape index (κ1) is 17.6. The molecule has 1 amide bonds. The maximum Gasteiger partial charge on any atom is 0.228 e. The van der Waals surface area contributed by atoms with Gasteiger partial charge in [-0.3, -0.25) is 4.79 Å². The van der Waals surface area contributed by atoms with Gasteiger partial charge < -0.3 is 20.6 Å². The highest BCUT2D eigenvalue weighted by Crippen LogP contribution is 2.52. The van der Waals surface area contributed by atoms with E-state index < -0.39 is 0 Å². The molecule has 3 aliphatic heterocycles. The number of hydrogen-bond donors (Lipinski definition) is 3. The molecule has 28 heavy (non-hydrogen) atoms. The Kier molecular flexibility index (Phi) is 4.09. The fourth-order valence-electron chi connectivity index (χ4n) is 5.72. The second kappa shape index (κ2) is 6.52. The van der Waals surface area contributed by atoms with Crippen LogP contribution >= 0.6 is 0 Å². The summed E-state index contributed by atoms with van der Waals surface area (Å²) in [5, 5.41) is 16.5. The molecular weight excluding hydrogens is 350 g/mol. The number of amides is 1. The van der Waals surface area contributed by atoms with Crippen molar-refractivity contribution in [1.82, 2.24) is 5.32 Å². The molecular formula is C23H27N3O2. The van der Waals surface area contributed by atoms with Crippen molar-refractivity contribution in [1.29, 1.82) is 0 Å². The van der Waals surface area contributed by atoms with E-state index in [-0.39, 0.29) is 23.0 Å². The third-order valence-electron chi connectivity index (χ3n) is 7.14. The zero-order valence-corrected chi connectivity index (χ0v) is 16.2. The van der Waals surface area contributed by atoms with Crippen LogP contribution in [0.1, 0.15) is 30.4 Å². The number of benzene rings is 2. The van der Waals surface area contributed by atoms with Crippen LogP contribution in [0.2, 0.25) is 0 Å². The summed E-state index contributed by atoms with van der Waals surface area (Å²) in [4.78, 5) is 15.3. The molecule has 5 nitrogen and oxygen atoms in total. The van der Waals surface area contributed by atoms with Crippen LogP contribution in [0.3, 0.4) is 0 Å². The van der Waals surface area contributed by atoms with E-state index in [1.165, 1.54) is 11.3 Å². The summed E-state index contributed by atoms with van der Waals surface area (Å²) in [6, 6.07) is 14.6. The van der Waals surface area contributed by atoms with Gasteiger partial charge in [-0.2, -0.15) is 0 Å². The van der Waals surface area contributed by atoms with Crippen molar-refractivity contribution < 1.29 is 9.90 Å². The number of carbonyl (C=O) groups is 1. The molecule has 0 radical (unpaired) electrons. The number of nitrogens with one attached hydrogen (secondary N) is 2. The van der Waals surface area contributed by atoms with Gasteiger partial charge in [0.05, 0.1) is 5.69 Å². The van der Waals surface area contributed by atoms with Gasteiger partial charge in [0, 0.05) is 30.1 Å². The maximum atomic E-state index is 12.9. The van der Waals surface area contributed by atoms with Crippen molar-refractivity contribution >= 4 is 17.3 Å². The number of para-hydroxylation sites is 2. The van der Waals surface area contributed by atoms with E-state index in [9.17, 15) is 9.90 Å². The molecule has 0 saturated carbocycles. The first-order chi connectivity index (χ1) is 13.6. The number of phenolic OH excluding ortho intramolecular Hbond substituents is 1. The Morgan fingerprint density at radius 2 is 1.93 bits per heavy atom. The Balaban J connectivity index is 1.48. The lowest BCUT2D eigenvalue weighted by atomic mass is 9.67. The third kappa shape index (κ3) is 2.53. The van der Waals surface area contributed by atoms with Gasteiger partial charge in [0.2, 0.25) is 5.91 Å². The second-order valence-corrected chi connectivity index (χ2v) is 8.49. The Morgan fingerprint density at radius 3 is 2.75 bits per heavy atom. The van der Waals surface area contributed by atoms with Gasteiger partial charge in [-0.1, -0.05) is 30.3 Å². The van der Waals surface area contributed by atoms with Crippen LogP contribution < -0.4 is 15.5 Å². The molecule has 146 valence electrons. The molecule has 2 unspecified atom stereocenters. The normalized spacial score (nSPS) is 25.3. The standard InChI is InChI=1S/C23H27N3O2/c1-26-18-7-3-2-6-17(18)23(9-11-24-12-10-23)20(26)14-16-13-15-5-4-8-19(27)21(15)25-22(16)28/h2-8,16,20,24,27H,9-14H2,1H3,(H,25,28). The summed E-state index contributed by atoms with van der Waals surface area (Å²) < 4.78 is 0. The number of likely N-dealkylation sites (N-methyl/N-ethyl adjacent to an activating group) is 1. The van der Waals surface area contributed by atoms with E-state index in [4.69, 9.17) is 0 Å². The summed E-state index contributed by atoms with van der Waals surface area (Å²) in [5.74, 6) is 0.106. The summed E-state index contributed by atoms with van der Waals surface area (Å²) in [7, 11) is 2.18.